The van der Waals surface area contributed by atoms with Crippen LogP contribution >= 0.6 is 0 Å². The largest absolute Gasteiger partial charge is 0.508 e. The lowest BCUT2D eigenvalue weighted by Gasteiger charge is -2.36. The molecule has 1 aliphatic heterocycles. The monoisotopic (exact) mass is 261 g/mol. The molecule has 0 bridgehead atoms. The number of carbonyl (C=O) groups is 1. The highest BCUT2D eigenvalue weighted by atomic mass is 16.4. The predicted octanol–water partition coefficient (Wildman–Crippen LogP) is 2.74. The molecule has 2 atom stereocenters. The van der Waals surface area contributed by atoms with Crippen LogP contribution in [0.1, 0.15) is 37.8 Å². The number of amides is 1. The van der Waals surface area contributed by atoms with Crippen molar-refractivity contribution in [3.63, 3.8) is 0 Å². The van der Waals surface area contributed by atoms with Crippen LogP contribution in [0.25, 0.3) is 0 Å². The van der Waals surface area contributed by atoms with E-state index in [9.17, 15) is 15.0 Å². The third-order valence-electron chi connectivity index (χ3n) is 5.04. The van der Waals surface area contributed by atoms with Crippen LogP contribution in [0.3, 0.4) is 0 Å². The quantitative estimate of drug-likeness (QED) is 0.805. The van der Waals surface area contributed by atoms with E-state index in [4.69, 9.17) is 0 Å². The molecule has 2 aliphatic rings. The SMILES string of the molecule is CCC1(CC)c2cc(O)ccc2CC2C1N2C(=O)O. The van der Waals surface area contributed by atoms with Gasteiger partial charge in [0.25, 0.3) is 0 Å². The summed E-state index contributed by atoms with van der Waals surface area (Å²) in [6.45, 7) is 4.22. The van der Waals surface area contributed by atoms with Crippen molar-refractivity contribution in [2.75, 3.05) is 0 Å². The maximum Gasteiger partial charge on any atom is 0.407 e. The van der Waals surface area contributed by atoms with Crippen LogP contribution in [0.2, 0.25) is 0 Å². The van der Waals surface area contributed by atoms with Crippen molar-refractivity contribution in [3.8, 4) is 5.75 Å². The fourth-order valence-corrected chi connectivity index (χ4v) is 4.02. The second kappa shape index (κ2) is 3.89. The molecule has 2 unspecified atom stereocenters. The highest BCUT2D eigenvalue weighted by molar-refractivity contribution is 5.72. The van der Waals surface area contributed by atoms with Crippen molar-refractivity contribution < 1.29 is 15.0 Å². The summed E-state index contributed by atoms with van der Waals surface area (Å²) in [5.74, 6) is 0.269. The second-order valence-corrected chi connectivity index (χ2v) is 5.61. The molecule has 1 aromatic carbocycles. The molecule has 2 N–H and O–H groups in total. The van der Waals surface area contributed by atoms with Gasteiger partial charge in [0, 0.05) is 5.41 Å². The van der Waals surface area contributed by atoms with Gasteiger partial charge in [-0.3, -0.25) is 4.90 Å². The summed E-state index contributed by atoms with van der Waals surface area (Å²) < 4.78 is 0. The van der Waals surface area contributed by atoms with Crippen LogP contribution in [-0.2, 0) is 11.8 Å². The van der Waals surface area contributed by atoms with E-state index in [2.05, 4.69) is 13.8 Å². The number of aromatic hydroxyl groups is 1. The molecular formula is C15H19NO3. The van der Waals surface area contributed by atoms with Gasteiger partial charge < -0.3 is 10.2 Å². The zero-order chi connectivity index (χ0) is 13.8. The van der Waals surface area contributed by atoms with Crippen LogP contribution in [0.4, 0.5) is 4.79 Å². The second-order valence-electron chi connectivity index (χ2n) is 5.61. The summed E-state index contributed by atoms with van der Waals surface area (Å²) in [6, 6.07) is 5.67. The van der Waals surface area contributed by atoms with E-state index in [0.717, 1.165) is 24.8 Å². The van der Waals surface area contributed by atoms with E-state index in [1.807, 2.05) is 12.1 Å². The number of benzene rings is 1. The van der Waals surface area contributed by atoms with Gasteiger partial charge in [-0.2, -0.15) is 0 Å². The first-order valence-corrected chi connectivity index (χ1v) is 6.88. The predicted molar refractivity (Wildman–Crippen MR) is 71.5 cm³/mol. The van der Waals surface area contributed by atoms with Gasteiger partial charge in [0.05, 0.1) is 12.1 Å². The lowest BCUT2D eigenvalue weighted by molar-refractivity contribution is 0.169. The zero-order valence-corrected chi connectivity index (χ0v) is 11.3. The van der Waals surface area contributed by atoms with Gasteiger partial charge >= 0.3 is 6.09 Å². The van der Waals surface area contributed by atoms with E-state index in [1.165, 1.54) is 5.56 Å². The van der Waals surface area contributed by atoms with Crippen molar-refractivity contribution in [3.05, 3.63) is 29.3 Å². The Hall–Kier alpha value is -1.71. The van der Waals surface area contributed by atoms with Crippen LogP contribution in [0.5, 0.6) is 5.75 Å². The van der Waals surface area contributed by atoms with Crippen LogP contribution in [-0.4, -0.2) is 33.3 Å². The highest BCUT2D eigenvalue weighted by Gasteiger charge is 2.63. The number of rotatable bonds is 2. The van der Waals surface area contributed by atoms with Gasteiger partial charge in [-0.05, 0) is 42.5 Å². The van der Waals surface area contributed by atoms with E-state index < -0.39 is 6.09 Å². The number of phenols is 1. The fraction of sp³-hybridized carbons (Fsp3) is 0.533. The topological polar surface area (TPSA) is 60.5 Å². The molecular weight excluding hydrogens is 242 g/mol. The molecule has 1 saturated heterocycles. The van der Waals surface area contributed by atoms with Gasteiger partial charge in [-0.25, -0.2) is 4.79 Å². The summed E-state index contributed by atoms with van der Waals surface area (Å²) in [7, 11) is 0. The van der Waals surface area contributed by atoms with Crippen molar-refractivity contribution in [2.24, 2.45) is 0 Å². The lowest BCUT2D eigenvalue weighted by Crippen LogP contribution is -2.38. The first-order valence-electron chi connectivity index (χ1n) is 6.88. The molecule has 0 radical (unpaired) electrons. The highest BCUT2D eigenvalue weighted by Crippen LogP contribution is 2.54. The van der Waals surface area contributed by atoms with Crippen molar-refractivity contribution >= 4 is 6.09 Å². The zero-order valence-electron chi connectivity index (χ0n) is 11.3. The Morgan fingerprint density at radius 2 is 2.11 bits per heavy atom. The third kappa shape index (κ3) is 1.49. The summed E-state index contributed by atoms with van der Waals surface area (Å²) in [5, 5.41) is 19.1. The minimum absolute atomic E-state index is 0.0781. The van der Waals surface area contributed by atoms with Gasteiger partial charge in [-0.1, -0.05) is 19.9 Å². The number of fused-ring (bicyclic) bond motifs is 2. The molecule has 19 heavy (non-hydrogen) atoms. The molecule has 3 rings (SSSR count). The Morgan fingerprint density at radius 3 is 2.68 bits per heavy atom. The molecule has 1 aliphatic carbocycles. The number of carboxylic acid groups (broad SMARTS) is 1. The maximum atomic E-state index is 11.3. The van der Waals surface area contributed by atoms with E-state index >= 15 is 0 Å². The minimum atomic E-state index is -0.821. The van der Waals surface area contributed by atoms with Gasteiger partial charge in [0.2, 0.25) is 0 Å². The first-order chi connectivity index (χ1) is 9.05. The Kier molecular flexibility index (Phi) is 2.52. The van der Waals surface area contributed by atoms with Gasteiger partial charge in [0.1, 0.15) is 5.75 Å². The number of phenolic OH excluding ortho intramolecular Hbond substituents is 1. The van der Waals surface area contributed by atoms with Crippen molar-refractivity contribution in [1.82, 2.24) is 4.90 Å². The smallest absolute Gasteiger partial charge is 0.407 e. The molecule has 1 heterocycles. The number of hydrogen-bond donors (Lipinski definition) is 2. The number of nitrogens with zero attached hydrogens (tertiary/aromatic N) is 1. The van der Waals surface area contributed by atoms with Crippen LogP contribution in [0.15, 0.2) is 18.2 Å². The normalized spacial score (nSPS) is 26.5. The molecule has 0 aromatic heterocycles. The molecule has 4 heteroatoms. The lowest BCUT2D eigenvalue weighted by atomic mass is 9.66. The van der Waals surface area contributed by atoms with Gasteiger partial charge in [-0.15, -0.1) is 0 Å². The van der Waals surface area contributed by atoms with Crippen LogP contribution in [0, 0.1) is 0 Å². The summed E-state index contributed by atoms with van der Waals surface area (Å²) >= 11 is 0. The molecule has 1 amide bonds. The Bertz CT molecular complexity index is 536. The number of hydrogen-bond acceptors (Lipinski definition) is 2. The minimum Gasteiger partial charge on any atom is -0.508 e. The Labute approximate surface area is 112 Å². The molecule has 4 nitrogen and oxygen atoms in total. The fourth-order valence-electron chi connectivity index (χ4n) is 4.02. The molecule has 1 fully saturated rings. The molecule has 1 aromatic rings. The third-order valence-corrected chi connectivity index (χ3v) is 5.04. The van der Waals surface area contributed by atoms with E-state index in [-0.39, 0.29) is 23.2 Å². The van der Waals surface area contributed by atoms with Crippen LogP contribution < -0.4 is 0 Å². The first kappa shape index (κ1) is 12.3. The summed E-state index contributed by atoms with van der Waals surface area (Å²) in [4.78, 5) is 12.9. The van der Waals surface area contributed by atoms with E-state index in [1.54, 1.807) is 11.0 Å². The average Bonchev–Trinajstić information content (AvgIpc) is 3.11. The summed E-state index contributed by atoms with van der Waals surface area (Å²) in [5.41, 5.74) is 2.18. The Balaban J connectivity index is 2.13. The summed E-state index contributed by atoms with van der Waals surface area (Å²) in [6.07, 6.45) is 1.74. The van der Waals surface area contributed by atoms with Crippen molar-refractivity contribution in [2.45, 2.75) is 50.6 Å². The Morgan fingerprint density at radius 1 is 1.42 bits per heavy atom. The molecule has 102 valence electrons. The molecule has 0 spiro atoms. The van der Waals surface area contributed by atoms with Crippen molar-refractivity contribution in [1.29, 1.82) is 0 Å². The maximum absolute atomic E-state index is 11.3. The average molecular weight is 261 g/mol. The van der Waals surface area contributed by atoms with Gasteiger partial charge in [0.15, 0.2) is 0 Å². The van der Waals surface area contributed by atoms with E-state index in [0.29, 0.717) is 0 Å². The molecule has 0 saturated carbocycles. The standard InChI is InChI=1S/C15H19NO3/c1-3-15(4-2)11-8-10(17)6-5-9(11)7-12-13(15)16(12)14(18)19/h5-6,8,12-13,17H,3-4,7H2,1-2H3,(H,18,19).